The van der Waals surface area contributed by atoms with Gasteiger partial charge in [-0.25, -0.2) is 0 Å². The van der Waals surface area contributed by atoms with Crippen molar-refractivity contribution in [1.82, 2.24) is 0 Å². The molecule has 118 valence electrons. The van der Waals surface area contributed by atoms with E-state index in [1.54, 1.807) is 37.6 Å². The number of carbonyl (C=O) groups excluding carboxylic acids is 2. The van der Waals surface area contributed by atoms with E-state index >= 15 is 0 Å². The highest BCUT2D eigenvalue weighted by Gasteiger charge is 2.07. The molecule has 5 heteroatoms. The number of hydrogen-bond acceptors (Lipinski definition) is 5. The SMILES string of the molecule is COc1ccc(C=Nc2ccc(OC(=O)CC(C)=O)cc2)cc1. The van der Waals surface area contributed by atoms with Crippen molar-refractivity contribution in [2.24, 2.45) is 4.99 Å². The average Bonchev–Trinajstić information content (AvgIpc) is 2.54. The molecule has 2 aromatic rings. The second-order valence-electron chi connectivity index (χ2n) is 4.88. The van der Waals surface area contributed by atoms with Gasteiger partial charge in [-0.3, -0.25) is 14.6 Å². The summed E-state index contributed by atoms with van der Waals surface area (Å²) in [6.45, 7) is 1.35. The van der Waals surface area contributed by atoms with Crippen molar-refractivity contribution in [3.05, 3.63) is 54.1 Å². The van der Waals surface area contributed by atoms with Crippen LogP contribution >= 0.6 is 0 Å². The highest BCUT2D eigenvalue weighted by Crippen LogP contribution is 2.19. The van der Waals surface area contributed by atoms with Gasteiger partial charge in [0.2, 0.25) is 0 Å². The van der Waals surface area contributed by atoms with Gasteiger partial charge in [-0.05, 0) is 61.0 Å². The van der Waals surface area contributed by atoms with Gasteiger partial charge in [-0.1, -0.05) is 0 Å². The summed E-state index contributed by atoms with van der Waals surface area (Å²) in [7, 11) is 1.62. The van der Waals surface area contributed by atoms with E-state index < -0.39 is 5.97 Å². The minimum absolute atomic E-state index is 0.225. The molecule has 0 saturated heterocycles. The number of carbonyl (C=O) groups is 2. The van der Waals surface area contributed by atoms with Crippen LogP contribution < -0.4 is 9.47 Å². The largest absolute Gasteiger partial charge is 0.497 e. The Bertz CT molecular complexity index is 703. The van der Waals surface area contributed by atoms with Gasteiger partial charge in [0.25, 0.3) is 0 Å². The van der Waals surface area contributed by atoms with Gasteiger partial charge in [0.1, 0.15) is 23.7 Å². The Balaban J connectivity index is 1.97. The normalized spacial score (nSPS) is 10.5. The molecule has 0 amide bonds. The molecule has 0 unspecified atom stereocenters. The van der Waals surface area contributed by atoms with E-state index in [1.807, 2.05) is 24.3 Å². The van der Waals surface area contributed by atoms with Crippen LogP contribution in [0.15, 0.2) is 53.5 Å². The molecule has 0 spiro atoms. The van der Waals surface area contributed by atoms with Crippen molar-refractivity contribution in [3.63, 3.8) is 0 Å². The van der Waals surface area contributed by atoms with E-state index in [0.29, 0.717) is 5.75 Å². The molecule has 0 bridgehead atoms. The first kappa shape index (κ1) is 16.4. The maximum atomic E-state index is 11.4. The number of ether oxygens (including phenoxy) is 2. The van der Waals surface area contributed by atoms with Crippen molar-refractivity contribution in [2.75, 3.05) is 7.11 Å². The molecule has 2 aromatic carbocycles. The summed E-state index contributed by atoms with van der Waals surface area (Å²) in [6, 6.07) is 14.3. The number of methoxy groups -OCH3 is 1. The number of hydrogen-bond donors (Lipinski definition) is 0. The van der Waals surface area contributed by atoms with Crippen molar-refractivity contribution >= 4 is 23.7 Å². The van der Waals surface area contributed by atoms with Crippen LogP contribution in [0.3, 0.4) is 0 Å². The fourth-order valence-electron chi connectivity index (χ4n) is 1.81. The van der Waals surface area contributed by atoms with E-state index in [1.165, 1.54) is 6.92 Å². The minimum atomic E-state index is -0.563. The third-order valence-corrected chi connectivity index (χ3v) is 2.94. The average molecular weight is 311 g/mol. The summed E-state index contributed by atoms with van der Waals surface area (Å²) in [5, 5.41) is 0. The number of aliphatic imine (C=N–C) groups is 1. The van der Waals surface area contributed by atoms with Crippen LogP contribution in [0.5, 0.6) is 11.5 Å². The fourth-order valence-corrected chi connectivity index (χ4v) is 1.81. The minimum Gasteiger partial charge on any atom is -0.497 e. The molecule has 0 atom stereocenters. The molecule has 0 N–H and O–H groups in total. The van der Waals surface area contributed by atoms with E-state index in [2.05, 4.69) is 4.99 Å². The number of nitrogens with zero attached hydrogens (tertiary/aromatic N) is 1. The van der Waals surface area contributed by atoms with Crippen LogP contribution in [0.4, 0.5) is 5.69 Å². The standard InChI is InChI=1S/C18H17NO4/c1-13(20)11-18(21)23-17-9-5-15(6-10-17)19-12-14-3-7-16(22-2)8-4-14/h3-10,12H,11H2,1-2H3. The molecule has 0 aliphatic rings. The van der Waals surface area contributed by atoms with E-state index in [4.69, 9.17) is 9.47 Å². The Kier molecular flexibility index (Phi) is 5.63. The highest BCUT2D eigenvalue weighted by atomic mass is 16.5. The van der Waals surface area contributed by atoms with Gasteiger partial charge in [0, 0.05) is 6.21 Å². The molecule has 0 aromatic heterocycles. The maximum absolute atomic E-state index is 11.4. The highest BCUT2D eigenvalue weighted by molar-refractivity contribution is 5.94. The van der Waals surface area contributed by atoms with Crippen LogP contribution in [0.1, 0.15) is 18.9 Å². The maximum Gasteiger partial charge on any atom is 0.318 e. The molecule has 0 saturated carbocycles. The molecular formula is C18H17NO4. The molecule has 0 aliphatic carbocycles. The third kappa shape index (κ3) is 5.39. The molecule has 0 fully saturated rings. The summed E-state index contributed by atoms with van der Waals surface area (Å²) < 4.78 is 10.1. The number of ketones is 1. The Morgan fingerprint density at radius 3 is 2.17 bits per heavy atom. The first-order valence-electron chi connectivity index (χ1n) is 7.05. The number of benzene rings is 2. The zero-order valence-corrected chi connectivity index (χ0v) is 13.0. The molecule has 5 nitrogen and oxygen atoms in total. The Morgan fingerprint density at radius 2 is 1.61 bits per heavy atom. The van der Waals surface area contributed by atoms with Crippen LogP contribution in [0.2, 0.25) is 0 Å². The van der Waals surface area contributed by atoms with Crippen LogP contribution in [-0.4, -0.2) is 25.1 Å². The van der Waals surface area contributed by atoms with Gasteiger partial charge < -0.3 is 9.47 Å². The lowest BCUT2D eigenvalue weighted by atomic mass is 10.2. The Hall–Kier alpha value is -2.95. The molecule has 2 rings (SSSR count). The summed E-state index contributed by atoms with van der Waals surface area (Å²) >= 11 is 0. The van der Waals surface area contributed by atoms with E-state index in [0.717, 1.165) is 17.0 Å². The molecule has 0 aliphatic heterocycles. The smallest absolute Gasteiger partial charge is 0.318 e. The van der Waals surface area contributed by atoms with Gasteiger partial charge in [-0.2, -0.15) is 0 Å². The predicted molar refractivity (Wildman–Crippen MR) is 87.6 cm³/mol. The van der Waals surface area contributed by atoms with Gasteiger partial charge in [-0.15, -0.1) is 0 Å². The number of esters is 1. The monoisotopic (exact) mass is 311 g/mol. The van der Waals surface area contributed by atoms with E-state index in [9.17, 15) is 9.59 Å². The van der Waals surface area contributed by atoms with Crippen molar-refractivity contribution < 1.29 is 19.1 Å². The Labute approximate surface area is 134 Å². The Morgan fingerprint density at radius 1 is 1.00 bits per heavy atom. The fraction of sp³-hybridized carbons (Fsp3) is 0.167. The molecule has 0 heterocycles. The summed E-state index contributed by atoms with van der Waals surface area (Å²) in [6.07, 6.45) is 1.51. The van der Waals surface area contributed by atoms with Crippen LogP contribution in [0.25, 0.3) is 0 Å². The van der Waals surface area contributed by atoms with Crippen molar-refractivity contribution in [1.29, 1.82) is 0 Å². The predicted octanol–water partition coefficient (Wildman–Crippen LogP) is 3.33. The van der Waals surface area contributed by atoms with Crippen LogP contribution in [-0.2, 0) is 9.59 Å². The summed E-state index contributed by atoms with van der Waals surface area (Å²) in [5.41, 5.74) is 1.68. The third-order valence-electron chi connectivity index (χ3n) is 2.94. The molecule has 0 radical (unpaired) electrons. The topological polar surface area (TPSA) is 65.0 Å². The molecule has 23 heavy (non-hydrogen) atoms. The van der Waals surface area contributed by atoms with Crippen molar-refractivity contribution in [3.8, 4) is 11.5 Å². The first-order valence-corrected chi connectivity index (χ1v) is 7.05. The van der Waals surface area contributed by atoms with Gasteiger partial charge in [0.05, 0.1) is 12.8 Å². The number of Topliss-reactive ketones (excluding diaryl/α,β-unsaturated/α-hetero) is 1. The quantitative estimate of drug-likeness (QED) is 0.355. The lowest BCUT2D eigenvalue weighted by Gasteiger charge is -2.03. The zero-order chi connectivity index (χ0) is 16.7. The lowest BCUT2D eigenvalue weighted by molar-refractivity contribution is -0.137. The first-order chi connectivity index (χ1) is 11.1. The second kappa shape index (κ2) is 7.89. The van der Waals surface area contributed by atoms with E-state index in [-0.39, 0.29) is 12.2 Å². The molecular weight excluding hydrogens is 294 g/mol. The van der Waals surface area contributed by atoms with Gasteiger partial charge in [0.15, 0.2) is 0 Å². The zero-order valence-electron chi connectivity index (χ0n) is 13.0. The van der Waals surface area contributed by atoms with Crippen LogP contribution in [0, 0.1) is 0 Å². The summed E-state index contributed by atoms with van der Waals surface area (Å²) in [5.74, 6) is 0.390. The number of rotatable bonds is 6. The summed E-state index contributed by atoms with van der Waals surface area (Å²) in [4.78, 5) is 26.6. The lowest BCUT2D eigenvalue weighted by Crippen LogP contribution is -2.11. The van der Waals surface area contributed by atoms with Crippen molar-refractivity contribution in [2.45, 2.75) is 13.3 Å². The van der Waals surface area contributed by atoms with Gasteiger partial charge >= 0.3 is 5.97 Å². The second-order valence-corrected chi connectivity index (χ2v) is 4.88.